The number of aromatic nitrogens is 2. The van der Waals surface area contributed by atoms with Gasteiger partial charge in [-0.25, -0.2) is 4.79 Å². The number of aryl methyl sites for hydroxylation is 1. The first-order valence-electron chi connectivity index (χ1n) is 13.8. The first kappa shape index (κ1) is 27.7. The Morgan fingerprint density at radius 3 is 2.38 bits per heavy atom. The number of carbonyl (C=O) groups excluding carboxylic acids is 1. The van der Waals surface area contributed by atoms with Gasteiger partial charge in [0.15, 0.2) is 6.10 Å². The van der Waals surface area contributed by atoms with Crippen molar-refractivity contribution in [1.29, 1.82) is 0 Å². The molecule has 2 saturated heterocycles. The molecule has 3 aliphatic rings. The van der Waals surface area contributed by atoms with Gasteiger partial charge in [0.1, 0.15) is 5.75 Å². The number of rotatable bonds is 7. The van der Waals surface area contributed by atoms with Crippen molar-refractivity contribution >= 4 is 11.7 Å². The smallest absolute Gasteiger partial charge is 0.389 e. The number of halogens is 3. The SMILES string of the molecule is Cc1ncc(-c2ccc(OCCCC(F)(F)F)cn2)c(N2CCC3(CCCC3)CC2)c1[C@@H]1OC(C)(C)OC1=O. The molecule has 212 valence electrons. The number of anilines is 1. The van der Waals surface area contributed by atoms with Crippen LogP contribution in [0.1, 0.15) is 82.6 Å². The van der Waals surface area contributed by atoms with Crippen molar-refractivity contribution in [3.05, 3.63) is 35.8 Å². The summed E-state index contributed by atoms with van der Waals surface area (Å²) >= 11 is 0. The molecule has 1 atom stereocenters. The Balaban J connectivity index is 1.45. The lowest BCUT2D eigenvalue weighted by Gasteiger charge is -2.42. The zero-order valence-corrected chi connectivity index (χ0v) is 22.8. The lowest BCUT2D eigenvalue weighted by Crippen LogP contribution is -2.40. The normalized spacial score (nSPS) is 22.4. The molecule has 0 aromatic carbocycles. The predicted molar refractivity (Wildman–Crippen MR) is 139 cm³/mol. The van der Waals surface area contributed by atoms with E-state index in [0.717, 1.165) is 37.2 Å². The molecule has 39 heavy (non-hydrogen) atoms. The highest BCUT2D eigenvalue weighted by molar-refractivity contribution is 5.87. The maximum atomic E-state index is 13.0. The Bertz CT molecular complexity index is 1180. The van der Waals surface area contributed by atoms with Crippen LogP contribution in [0.25, 0.3) is 11.3 Å². The molecular weight excluding hydrogens is 511 g/mol. The summed E-state index contributed by atoms with van der Waals surface area (Å²) in [4.78, 5) is 24.5. The van der Waals surface area contributed by atoms with E-state index in [4.69, 9.17) is 14.2 Å². The fraction of sp³-hybridized carbons (Fsp3) is 0.621. The zero-order valence-electron chi connectivity index (χ0n) is 22.8. The van der Waals surface area contributed by atoms with E-state index in [1.54, 1.807) is 32.2 Å². The first-order chi connectivity index (χ1) is 18.5. The van der Waals surface area contributed by atoms with Crippen LogP contribution in [0.15, 0.2) is 24.5 Å². The minimum absolute atomic E-state index is 0.0472. The maximum absolute atomic E-state index is 13.0. The summed E-state index contributed by atoms with van der Waals surface area (Å²) in [5, 5.41) is 0. The van der Waals surface area contributed by atoms with Crippen molar-refractivity contribution in [2.24, 2.45) is 5.41 Å². The van der Waals surface area contributed by atoms with Crippen LogP contribution in [0.4, 0.5) is 18.9 Å². The van der Waals surface area contributed by atoms with Gasteiger partial charge >= 0.3 is 12.1 Å². The molecule has 0 N–H and O–H groups in total. The Morgan fingerprint density at radius 1 is 1.08 bits per heavy atom. The van der Waals surface area contributed by atoms with Gasteiger partial charge in [0, 0.05) is 56.4 Å². The maximum Gasteiger partial charge on any atom is 0.389 e. The van der Waals surface area contributed by atoms with Crippen LogP contribution in [0.5, 0.6) is 5.75 Å². The van der Waals surface area contributed by atoms with E-state index in [1.165, 1.54) is 31.9 Å². The number of hydrogen-bond donors (Lipinski definition) is 0. The summed E-state index contributed by atoms with van der Waals surface area (Å²) in [5.41, 5.74) is 4.07. The monoisotopic (exact) mass is 547 g/mol. The first-order valence-corrected chi connectivity index (χ1v) is 13.8. The number of cyclic esters (lactones) is 1. The molecule has 2 aromatic rings. The van der Waals surface area contributed by atoms with E-state index in [9.17, 15) is 18.0 Å². The number of hydrogen-bond acceptors (Lipinski definition) is 7. The number of piperidine rings is 1. The van der Waals surface area contributed by atoms with Crippen molar-refractivity contribution in [3.63, 3.8) is 0 Å². The Labute approximate surface area is 227 Å². The molecule has 5 rings (SSSR count). The van der Waals surface area contributed by atoms with Gasteiger partial charge in [0.2, 0.25) is 5.79 Å². The molecule has 0 bridgehead atoms. The topological polar surface area (TPSA) is 73.8 Å². The molecule has 0 unspecified atom stereocenters. The summed E-state index contributed by atoms with van der Waals surface area (Å²) in [6.07, 6.45) is 4.47. The van der Waals surface area contributed by atoms with Crippen molar-refractivity contribution in [1.82, 2.24) is 9.97 Å². The third kappa shape index (κ3) is 6.15. The summed E-state index contributed by atoms with van der Waals surface area (Å²) in [6, 6.07) is 3.48. The molecule has 0 radical (unpaired) electrons. The Hall–Kier alpha value is -2.88. The lowest BCUT2D eigenvalue weighted by atomic mass is 9.76. The van der Waals surface area contributed by atoms with Crippen molar-refractivity contribution in [2.45, 2.75) is 90.2 Å². The Kier molecular flexibility index (Phi) is 7.52. The van der Waals surface area contributed by atoms with Gasteiger partial charge in [0.25, 0.3) is 0 Å². The number of ether oxygens (including phenoxy) is 3. The summed E-state index contributed by atoms with van der Waals surface area (Å²) in [6.45, 7) is 6.98. The van der Waals surface area contributed by atoms with Crippen LogP contribution in [-0.2, 0) is 14.3 Å². The van der Waals surface area contributed by atoms with E-state index < -0.39 is 30.5 Å². The third-order valence-electron chi connectivity index (χ3n) is 8.20. The quantitative estimate of drug-likeness (QED) is 0.283. The molecule has 0 amide bonds. The number of esters is 1. The molecule has 7 nitrogen and oxygen atoms in total. The van der Waals surface area contributed by atoms with Crippen molar-refractivity contribution < 1.29 is 32.2 Å². The molecule has 3 fully saturated rings. The summed E-state index contributed by atoms with van der Waals surface area (Å²) < 4.78 is 54.3. The van der Waals surface area contributed by atoms with Crippen molar-refractivity contribution in [2.75, 3.05) is 24.6 Å². The predicted octanol–water partition coefficient (Wildman–Crippen LogP) is 6.68. The number of pyridine rings is 2. The summed E-state index contributed by atoms with van der Waals surface area (Å²) in [7, 11) is 0. The van der Waals surface area contributed by atoms with Crippen LogP contribution >= 0.6 is 0 Å². The van der Waals surface area contributed by atoms with E-state index >= 15 is 0 Å². The van der Waals surface area contributed by atoms with Gasteiger partial charge in [0.05, 0.1) is 24.2 Å². The van der Waals surface area contributed by atoms with Gasteiger partial charge in [-0.3, -0.25) is 9.97 Å². The second kappa shape index (κ2) is 10.6. The second-order valence-corrected chi connectivity index (χ2v) is 11.5. The van der Waals surface area contributed by atoms with Crippen LogP contribution < -0.4 is 9.64 Å². The fourth-order valence-corrected chi connectivity index (χ4v) is 6.20. The fourth-order valence-electron chi connectivity index (χ4n) is 6.20. The molecule has 1 saturated carbocycles. The highest BCUT2D eigenvalue weighted by atomic mass is 19.4. The molecule has 1 spiro atoms. The van der Waals surface area contributed by atoms with Gasteiger partial charge in [-0.1, -0.05) is 12.8 Å². The third-order valence-corrected chi connectivity index (χ3v) is 8.20. The average Bonchev–Trinajstić information content (AvgIpc) is 3.44. The van der Waals surface area contributed by atoms with Crippen molar-refractivity contribution in [3.8, 4) is 17.0 Å². The summed E-state index contributed by atoms with van der Waals surface area (Å²) in [5.74, 6) is -1.09. The Morgan fingerprint density at radius 2 is 1.79 bits per heavy atom. The van der Waals surface area contributed by atoms with Crippen LogP contribution in [0.2, 0.25) is 0 Å². The molecule has 2 aliphatic heterocycles. The largest absolute Gasteiger partial charge is 0.492 e. The number of alkyl halides is 3. The molecular formula is C29H36F3N3O4. The van der Waals surface area contributed by atoms with Gasteiger partial charge < -0.3 is 19.1 Å². The molecule has 4 heterocycles. The lowest BCUT2D eigenvalue weighted by molar-refractivity contribution is -0.161. The van der Waals surface area contributed by atoms with Crippen LogP contribution in [0.3, 0.4) is 0 Å². The van der Waals surface area contributed by atoms with Gasteiger partial charge in [-0.05, 0) is 56.6 Å². The van der Waals surface area contributed by atoms with Gasteiger partial charge in [-0.2, -0.15) is 13.2 Å². The van der Waals surface area contributed by atoms with E-state index in [1.807, 2.05) is 6.92 Å². The van der Waals surface area contributed by atoms with Crippen LogP contribution in [-0.4, -0.2) is 47.6 Å². The zero-order chi connectivity index (χ0) is 27.8. The average molecular weight is 548 g/mol. The molecule has 10 heteroatoms. The van der Waals surface area contributed by atoms with Crippen LogP contribution in [0, 0.1) is 12.3 Å². The van der Waals surface area contributed by atoms with E-state index in [0.29, 0.717) is 28.1 Å². The standard InChI is InChI=1S/C29H36F3N3O4/c1-19-23(25-26(36)39-27(2,3)38-25)24(35-14-12-28(13-15-35)9-4-5-10-28)21(18-33-19)22-8-7-20(17-34-22)37-16-6-11-29(30,31)32/h7-8,17-18,25H,4-6,9-16H2,1-3H3/t25-/m0/s1. The van der Waals surface area contributed by atoms with E-state index in [-0.39, 0.29) is 13.0 Å². The second-order valence-electron chi connectivity index (χ2n) is 11.5. The highest BCUT2D eigenvalue weighted by Gasteiger charge is 2.46. The number of nitrogens with zero attached hydrogens (tertiary/aromatic N) is 3. The minimum Gasteiger partial charge on any atom is -0.492 e. The molecule has 2 aromatic heterocycles. The minimum atomic E-state index is -4.20. The molecule has 1 aliphatic carbocycles. The highest BCUT2D eigenvalue weighted by Crippen LogP contribution is 2.49. The van der Waals surface area contributed by atoms with E-state index in [2.05, 4.69) is 14.9 Å². The van der Waals surface area contributed by atoms with Gasteiger partial charge in [-0.15, -0.1) is 0 Å². The number of carbonyl (C=O) groups is 1.